The molecular formula is C13H12F2N2O5S. The monoisotopic (exact) mass is 346 g/mol. The lowest BCUT2D eigenvalue weighted by Crippen LogP contribution is -2.31. The zero-order chi connectivity index (χ0) is 17.2. The van der Waals surface area contributed by atoms with Crippen LogP contribution in [-0.2, 0) is 10.0 Å². The Morgan fingerprint density at radius 3 is 2.61 bits per heavy atom. The summed E-state index contributed by atoms with van der Waals surface area (Å²) < 4.78 is 59.5. The Kier molecular flexibility index (Phi) is 4.64. The van der Waals surface area contributed by atoms with E-state index in [1.807, 2.05) is 4.72 Å². The van der Waals surface area contributed by atoms with E-state index in [9.17, 15) is 22.0 Å². The lowest BCUT2D eigenvalue weighted by atomic mass is 10.2. The van der Waals surface area contributed by atoms with Gasteiger partial charge in [-0.25, -0.2) is 13.1 Å². The molecule has 0 bridgehead atoms. The number of carbonyl (C=O) groups is 1. The molecule has 0 radical (unpaired) electrons. The number of nitrogens with zero attached hydrogens (tertiary/aromatic N) is 1. The van der Waals surface area contributed by atoms with E-state index < -0.39 is 22.5 Å². The molecule has 0 spiro atoms. The third-order valence-electron chi connectivity index (χ3n) is 2.79. The molecule has 1 N–H and O–H groups in total. The molecule has 23 heavy (non-hydrogen) atoms. The van der Waals surface area contributed by atoms with E-state index in [1.54, 1.807) is 0 Å². The summed E-state index contributed by atoms with van der Waals surface area (Å²) in [5, 5.41) is 3.50. The highest BCUT2D eigenvalue weighted by Gasteiger charge is 2.26. The van der Waals surface area contributed by atoms with Gasteiger partial charge < -0.3 is 9.26 Å². The maximum absolute atomic E-state index is 12.2. The zero-order valence-corrected chi connectivity index (χ0v) is 12.9. The molecule has 2 aromatic rings. The summed E-state index contributed by atoms with van der Waals surface area (Å²) in [5.74, 6) is -1.23. The van der Waals surface area contributed by atoms with E-state index in [2.05, 4.69) is 9.89 Å². The predicted molar refractivity (Wildman–Crippen MR) is 73.7 cm³/mol. The highest BCUT2D eigenvalue weighted by Crippen LogP contribution is 2.20. The third-order valence-corrected chi connectivity index (χ3v) is 4.36. The smallest absolute Gasteiger partial charge is 0.387 e. The molecule has 0 aliphatic rings. The molecule has 0 fully saturated rings. The van der Waals surface area contributed by atoms with Gasteiger partial charge in [0.25, 0.3) is 15.9 Å². The number of amides is 1. The second-order valence-electron chi connectivity index (χ2n) is 4.49. The van der Waals surface area contributed by atoms with Gasteiger partial charge in [-0.05, 0) is 32.0 Å². The second kappa shape index (κ2) is 6.32. The van der Waals surface area contributed by atoms with Gasteiger partial charge >= 0.3 is 6.61 Å². The Balaban J connectivity index is 2.25. The molecule has 7 nitrogen and oxygen atoms in total. The summed E-state index contributed by atoms with van der Waals surface area (Å²) in [7, 11) is -4.21. The minimum Gasteiger partial charge on any atom is -0.435 e. The fourth-order valence-electron chi connectivity index (χ4n) is 1.90. The van der Waals surface area contributed by atoms with Gasteiger partial charge in [-0.2, -0.15) is 8.78 Å². The molecule has 1 aromatic heterocycles. The Morgan fingerprint density at radius 1 is 1.35 bits per heavy atom. The Hall–Kier alpha value is -2.49. The summed E-state index contributed by atoms with van der Waals surface area (Å²) in [4.78, 5) is 11.8. The van der Waals surface area contributed by atoms with Crippen LogP contribution in [0.3, 0.4) is 0 Å². The van der Waals surface area contributed by atoms with Gasteiger partial charge in [-0.3, -0.25) is 4.79 Å². The first-order valence-corrected chi connectivity index (χ1v) is 7.74. The van der Waals surface area contributed by atoms with E-state index in [1.165, 1.54) is 32.0 Å². The van der Waals surface area contributed by atoms with E-state index in [0.717, 1.165) is 6.07 Å². The maximum Gasteiger partial charge on any atom is 0.387 e. The maximum atomic E-state index is 12.2. The largest absolute Gasteiger partial charge is 0.435 e. The molecule has 0 aliphatic heterocycles. The molecular weight excluding hydrogens is 334 g/mol. The first kappa shape index (κ1) is 16.9. The highest BCUT2D eigenvalue weighted by molar-refractivity contribution is 7.90. The van der Waals surface area contributed by atoms with Crippen LogP contribution < -0.4 is 9.46 Å². The molecule has 1 heterocycles. The molecule has 1 amide bonds. The third kappa shape index (κ3) is 3.83. The van der Waals surface area contributed by atoms with E-state index in [4.69, 9.17) is 4.52 Å². The number of benzene rings is 1. The lowest BCUT2D eigenvalue weighted by molar-refractivity contribution is -0.0498. The Labute approximate surface area is 130 Å². The van der Waals surface area contributed by atoms with Crippen LogP contribution in [-0.4, -0.2) is 26.1 Å². The number of alkyl halides is 2. The number of halogens is 2. The molecule has 0 saturated carbocycles. The minimum atomic E-state index is -4.21. The first-order chi connectivity index (χ1) is 10.7. The molecule has 0 saturated heterocycles. The van der Waals surface area contributed by atoms with Crippen LogP contribution in [0, 0.1) is 13.8 Å². The highest BCUT2D eigenvalue weighted by atomic mass is 32.2. The van der Waals surface area contributed by atoms with Crippen molar-refractivity contribution >= 4 is 15.9 Å². The summed E-state index contributed by atoms with van der Waals surface area (Å²) in [5.41, 5.74) is -0.0592. The van der Waals surface area contributed by atoms with Crippen molar-refractivity contribution in [2.24, 2.45) is 0 Å². The Bertz CT molecular complexity index is 813. The number of carbonyl (C=O) groups excluding carboxylic acids is 1. The van der Waals surface area contributed by atoms with Crippen LogP contribution in [0.4, 0.5) is 8.78 Å². The lowest BCUT2D eigenvalue weighted by Gasteiger charge is -2.08. The summed E-state index contributed by atoms with van der Waals surface area (Å²) in [6.07, 6.45) is 0. The van der Waals surface area contributed by atoms with Crippen molar-refractivity contribution in [2.45, 2.75) is 25.4 Å². The van der Waals surface area contributed by atoms with Crippen LogP contribution in [0.15, 0.2) is 33.7 Å². The number of sulfonamides is 1. The van der Waals surface area contributed by atoms with Crippen molar-refractivity contribution in [1.82, 2.24) is 9.88 Å². The number of aromatic nitrogens is 1. The number of hydrogen-bond donors (Lipinski definition) is 1. The van der Waals surface area contributed by atoms with Gasteiger partial charge in [-0.1, -0.05) is 11.2 Å². The van der Waals surface area contributed by atoms with Crippen LogP contribution in [0.25, 0.3) is 0 Å². The van der Waals surface area contributed by atoms with Crippen molar-refractivity contribution in [1.29, 1.82) is 0 Å². The van der Waals surface area contributed by atoms with Gasteiger partial charge in [0.1, 0.15) is 11.4 Å². The number of ether oxygens (including phenoxy) is 1. The average Bonchev–Trinajstić information content (AvgIpc) is 2.77. The van der Waals surface area contributed by atoms with E-state index in [-0.39, 0.29) is 27.7 Å². The Morgan fingerprint density at radius 2 is 2.04 bits per heavy atom. The predicted octanol–water partition coefficient (Wildman–Crippen LogP) is 2.01. The number of rotatable bonds is 5. The summed E-state index contributed by atoms with van der Waals surface area (Å²) in [6.45, 7) is -0.262. The normalized spacial score (nSPS) is 11.5. The molecule has 0 atom stereocenters. The SMILES string of the molecule is Cc1noc(C)c1S(=O)(=O)NC(=O)c1cccc(OC(F)F)c1. The quantitative estimate of drug-likeness (QED) is 0.889. The fourth-order valence-corrected chi connectivity index (χ4v) is 3.21. The van der Waals surface area contributed by atoms with Crippen molar-refractivity contribution in [3.8, 4) is 5.75 Å². The van der Waals surface area contributed by atoms with Crippen molar-refractivity contribution in [2.75, 3.05) is 0 Å². The molecule has 124 valence electrons. The van der Waals surface area contributed by atoms with Gasteiger partial charge in [0.05, 0.1) is 0 Å². The number of aryl methyl sites for hydroxylation is 2. The van der Waals surface area contributed by atoms with Crippen molar-refractivity contribution in [3.05, 3.63) is 41.3 Å². The zero-order valence-electron chi connectivity index (χ0n) is 12.0. The van der Waals surface area contributed by atoms with Crippen molar-refractivity contribution < 1.29 is 31.3 Å². The van der Waals surface area contributed by atoms with Crippen LogP contribution in [0.2, 0.25) is 0 Å². The number of nitrogens with one attached hydrogen (secondary N) is 1. The molecule has 1 aromatic carbocycles. The summed E-state index contributed by atoms with van der Waals surface area (Å²) in [6, 6.07) is 4.77. The van der Waals surface area contributed by atoms with Gasteiger partial charge in [0, 0.05) is 5.56 Å². The fraction of sp³-hybridized carbons (Fsp3) is 0.231. The first-order valence-electron chi connectivity index (χ1n) is 6.25. The summed E-state index contributed by atoms with van der Waals surface area (Å²) >= 11 is 0. The van der Waals surface area contributed by atoms with E-state index in [0.29, 0.717) is 0 Å². The van der Waals surface area contributed by atoms with Crippen molar-refractivity contribution in [3.63, 3.8) is 0 Å². The van der Waals surface area contributed by atoms with Gasteiger partial charge in [0.2, 0.25) is 0 Å². The average molecular weight is 346 g/mol. The molecule has 10 heteroatoms. The molecule has 0 unspecified atom stereocenters. The second-order valence-corrected chi connectivity index (χ2v) is 6.11. The minimum absolute atomic E-state index is 0.0255. The topological polar surface area (TPSA) is 98.5 Å². The van der Waals surface area contributed by atoms with E-state index >= 15 is 0 Å². The standard InChI is InChI=1S/C13H12F2N2O5S/c1-7-11(8(2)22-16-7)23(19,20)17-12(18)9-4-3-5-10(6-9)21-13(14)15/h3-6,13H,1-2H3,(H,17,18). The molecule has 2 rings (SSSR count). The van der Waals surface area contributed by atoms with Gasteiger partial charge in [0.15, 0.2) is 10.7 Å². The van der Waals surface area contributed by atoms with Crippen LogP contribution in [0.1, 0.15) is 21.8 Å². The molecule has 0 aliphatic carbocycles. The van der Waals surface area contributed by atoms with Gasteiger partial charge in [-0.15, -0.1) is 0 Å². The van der Waals surface area contributed by atoms with Crippen LogP contribution >= 0.6 is 0 Å². The van der Waals surface area contributed by atoms with Crippen LogP contribution in [0.5, 0.6) is 5.75 Å². The number of hydrogen-bond acceptors (Lipinski definition) is 6.